The molecule has 2 atom stereocenters. The lowest BCUT2D eigenvalue weighted by Gasteiger charge is -2.39. The molecule has 0 radical (unpaired) electrons. The molecule has 0 bridgehead atoms. The van der Waals surface area contributed by atoms with Crippen molar-refractivity contribution < 1.29 is 0 Å². The number of likely N-dealkylation sites (tertiary alicyclic amines) is 1. The standard InChI is InChI=1S/C14H28N2/c1-4-14(7-8-14)11-16-9-6-13(15-5-2)10-12(16)3/h12-13,15H,4-11H2,1-3H3. The summed E-state index contributed by atoms with van der Waals surface area (Å²) in [5.41, 5.74) is 0.722. The van der Waals surface area contributed by atoms with E-state index in [-0.39, 0.29) is 0 Å². The number of nitrogens with zero attached hydrogens (tertiary/aromatic N) is 1. The lowest BCUT2D eigenvalue weighted by atomic mass is 9.95. The molecule has 1 saturated heterocycles. The average molecular weight is 224 g/mol. The number of hydrogen-bond donors (Lipinski definition) is 1. The molecule has 1 saturated carbocycles. The lowest BCUT2D eigenvalue weighted by molar-refractivity contribution is 0.109. The van der Waals surface area contributed by atoms with E-state index < -0.39 is 0 Å². The first-order valence-corrected chi connectivity index (χ1v) is 7.16. The van der Waals surface area contributed by atoms with Crippen molar-refractivity contribution in [1.29, 1.82) is 0 Å². The largest absolute Gasteiger partial charge is 0.314 e. The maximum Gasteiger partial charge on any atom is 0.00939 e. The topological polar surface area (TPSA) is 15.3 Å². The lowest BCUT2D eigenvalue weighted by Crippen LogP contribution is -2.49. The zero-order valence-corrected chi connectivity index (χ0v) is 11.3. The van der Waals surface area contributed by atoms with Crippen LogP contribution in [0.15, 0.2) is 0 Å². The Morgan fingerprint density at radius 2 is 2.06 bits per heavy atom. The van der Waals surface area contributed by atoms with E-state index in [0.717, 1.165) is 24.0 Å². The molecule has 1 aliphatic carbocycles. The summed E-state index contributed by atoms with van der Waals surface area (Å²) in [4.78, 5) is 2.74. The molecule has 0 aromatic carbocycles. The minimum atomic E-state index is 0.722. The van der Waals surface area contributed by atoms with E-state index in [4.69, 9.17) is 0 Å². The summed E-state index contributed by atoms with van der Waals surface area (Å²) in [6, 6.07) is 1.55. The molecule has 0 aromatic heterocycles. The zero-order valence-electron chi connectivity index (χ0n) is 11.3. The molecule has 1 aliphatic heterocycles. The van der Waals surface area contributed by atoms with Crippen LogP contribution in [0.1, 0.15) is 52.9 Å². The molecule has 2 unspecified atom stereocenters. The van der Waals surface area contributed by atoms with E-state index in [1.54, 1.807) is 0 Å². The van der Waals surface area contributed by atoms with Gasteiger partial charge in [-0.1, -0.05) is 13.8 Å². The van der Waals surface area contributed by atoms with Crippen molar-refractivity contribution in [3.05, 3.63) is 0 Å². The Morgan fingerprint density at radius 1 is 1.31 bits per heavy atom. The third-order valence-corrected chi connectivity index (χ3v) is 4.75. The normalized spacial score (nSPS) is 33.9. The number of piperidine rings is 1. The van der Waals surface area contributed by atoms with E-state index in [2.05, 4.69) is 31.0 Å². The maximum absolute atomic E-state index is 3.60. The number of hydrogen-bond acceptors (Lipinski definition) is 2. The minimum Gasteiger partial charge on any atom is -0.314 e. The van der Waals surface area contributed by atoms with Crippen LogP contribution in [0.4, 0.5) is 0 Å². The molecule has 2 aliphatic rings. The molecule has 1 heterocycles. The van der Waals surface area contributed by atoms with Crippen LogP contribution in [-0.4, -0.2) is 36.6 Å². The Balaban J connectivity index is 1.80. The molecule has 0 amide bonds. The molecule has 94 valence electrons. The van der Waals surface area contributed by atoms with Crippen molar-refractivity contribution in [2.75, 3.05) is 19.6 Å². The highest BCUT2D eigenvalue weighted by Gasteiger charge is 2.43. The molecule has 2 fully saturated rings. The molecule has 2 rings (SSSR count). The molecule has 2 nitrogen and oxygen atoms in total. The van der Waals surface area contributed by atoms with Crippen LogP contribution in [0.25, 0.3) is 0 Å². The second-order valence-electron chi connectivity index (χ2n) is 5.95. The van der Waals surface area contributed by atoms with E-state index >= 15 is 0 Å². The van der Waals surface area contributed by atoms with Crippen molar-refractivity contribution in [3.8, 4) is 0 Å². The summed E-state index contributed by atoms with van der Waals surface area (Å²) in [6.45, 7) is 10.8. The monoisotopic (exact) mass is 224 g/mol. The van der Waals surface area contributed by atoms with Gasteiger partial charge in [-0.15, -0.1) is 0 Å². The minimum absolute atomic E-state index is 0.722. The predicted molar refractivity (Wildman–Crippen MR) is 69.7 cm³/mol. The fraction of sp³-hybridized carbons (Fsp3) is 1.00. The quantitative estimate of drug-likeness (QED) is 0.772. The summed E-state index contributed by atoms with van der Waals surface area (Å²) in [7, 11) is 0. The summed E-state index contributed by atoms with van der Waals surface area (Å²) in [5.74, 6) is 0. The van der Waals surface area contributed by atoms with Crippen molar-refractivity contribution >= 4 is 0 Å². The van der Waals surface area contributed by atoms with E-state index in [0.29, 0.717) is 0 Å². The first kappa shape index (κ1) is 12.4. The Kier molecular flexibility index (Phi) is 3.91. The smallest absolute Gasteiger partial charge is 0.00939 e. The van der Waals surface area contributed by atoms with Crippen LogP contribution >= 0.6 is 0 Å². The zero-order chi connectivity index (χ0) is 11.6. The van der Waals surface area contributed by atoms with Gasteiger partial charge in [-0.3, -0.25) is 4.90 Å². The van der Waals surface area contributed by atoms with Gasteiger partial charge in [0.25, 0.3) is 0 Å². The Bertz CT molecular complexity index is 223. The molecule has 0 aromatic rings. The molecule has 2 heteroatoms. The van der Waals surface area contributed by atoms with Crippen molar-refractivity contribution in [2.45, 2.75) is 65.0 Å². The van der Waals surface area contributed by atoms with E-state index in [1.807, 2.05) is 0 Å². The highest BCUT2D eigenvalue weighted by atomic mass is 15.2. The summed E-state index contributed by atoms with van der Waals surface area (Å²) >= 11 is 0. The number of nitrogens with one attached hydrogen (secondary N) is 1. The van der Waals surface area contributed by atoms with Crippen LogP contribution in [0.3, 0.4) is 0 Å². The van der Waals surface area contributed by atoms with Gasteiger partial charge in [-0.25, -0.2) is 0 Å². The fourth-order valence-electron chi connectivity index (χ4n) is 3.16. The Hall–Kier alpha value is -0.0800. The van der Waals surface area contributed by atoms with Crippen LogP contribution in [0.2, 0.25) is 0 Å². The summed E-state index contributed by atoms with van der Waals surface area (Å²) < 4.78 is 0. The van der Waals surface area contributed by atoms with Gasteiger partial charge in [-0.05, 0) is 57.5 Å². The van der Waals surface area contributed by atoms with Crippen LogP contribution < -0.4 is 5.32 Å². The van der Waals surface area contributed by atoms with E-state index in [1.165, 1.54) is 45.2 Å². The highest BCUT2D eigenvalue weighted by molar-refractivity contribution is 4.96. The second kappa shape index (κ2) is 5.05. The van der Waals surface area contributed by atoms with Crippen LogP contribution in [0, 0.1) is 5.41 Å². The van der Waals surface area contributed by atoms with Gasteiger partial charge in [-0.2, -0.15) is 0 Å². The number of rotatable bonds is 5. The fourth-order valence-corrected chi connectivity index (χ4v) is 3.16. The second-order valence-corrected chi connectivity index (χ2v) is 5.95. The van der Waals surface area contributed by atoms with Gasteiger partial charge < -0.3 is 5.32 Å². The van der Waals surface area contributed by atoms with Gasteiger partial charge in [0.1, 0.15) is 0 Å². The van der Waals surface area contributed by atoms with Gasteiger partial charge >= 0.3 is 0 Å². The van der Waals surface area contributed by atoms with Crippen LogP contribution in [-0.2, 0) is 0 Å². The van der Waals surface area contributed by atoms with Gasteiger partial charge in [0.05, 0.1) is 0 Å². The molecular weight excluding hydrogens is 196 g/mol. The summed E-state index contributed by atoms with van der Waals surface area (Å²) in [5, 5.41) is 3.60. The van der Waals surface area contributed by atoms with Crippen LogP contribution in [0.5, 0.6) is 0 Å². The first-order valence-electron chi connectivity index (χ1n) is 7.16. The van der Waals surface area contributed by atoms with Gasteiger partial charge in [0.15, 0.2) is 0 Å². The predicted octanol–water partition coefficient (Wildman–Crippen LogP) is 2.64. The SMILES string of the molecule is CCNC1CCN(CC2(CC)CC2)C(C)C1. The third-order valence-electron chi connectivity index (χ3n) is 4.75. The van der Waals surface area contributed by atoms with E-state index in [9.17, 15) is 0 Å². The Morgan fingerprint density at radius 3 is 2.56 bits per heavy atom. The third kappa shape index (κ3) is 2.78. The summed E-state index contributed by atoms with van der Waals surface area (Å²) in [6.07, 6.45) is 7.02. The van der Waals surface area contributed by atoms with Crippen molar-refractivity contribution in [2.24, 2.45) is 5.41 Å². The van der Waals surface area contributed by atoms with Crippen molar-refractivity contribution in [3.63, 3.8) is 0 Å². The average Bonchev–Trinajstić information content (AvgIpc) is 3.03. The molecule has 1 N–H and O–H groups in total. The highest BCUT2D eigenvalue weighted by Crippen LogP contribution is 2.49. The van der Waals surface area contributed by atoms with Crippen molar-refractivity contribution in [1.82, 2.24) is 10.2 Å². The van der Waals surface area contributed by atoms with Gasteiger partial charge in [0.2, 0.25) is 0 Å². The maximum atomic E-state index is 3.60. The molecule has 16 heavy (non-hydrogen) atoms. The molecule has 0 spiro atoms. The first-order chi connectivity index (χ1) is 7.69. The molecular formula is C14H28N2. The Labute approximate surface area is 101 Å². The van der Waals surface area contributed by atoms with Gasteiger partial charge in [0, 0.05) is 18.6 Å².